The van der Waals surface area contributed by atoms with Crippen LogP contribution in [0.15, 0.2) is 48.9 Å². The van der Waals surface area contributed by atoms with Gasteiger partial charge in [-0.3, -0.25) is 9.48 Å². The number of carbonyl (C=O) groups excluding carboxylic acids is 1. The molecule has 0 atom stereocenters. The van der Waals surface area contributed by atoms with E-state index < -0.39 is 0 Å². The summed E-state index contributed by atoms with van der Waals surface area (Å²) in [6.45, 7) is 1.21. The van der Waals surface area contributed by atoms with Crippen LogP contribution in [-0.4, -0.2) is 56.9 Å². The van der Waals surface area contributed by atoms with Crippen LogP contribution in [-0.2, 0) is 11.8 Å². The number of hydrogen-bond acceptors (Lipinski definition) is 5. The van der Waals surface area contributed by atoms with Crippen molar-refractivity contribution < 1.29 is 9.53 Å². The minimum absolute atomic E-state index is 0.0457. The lowest BCUT2D eigenvalue weighted by Gasteiger charge is -2.38. The summed E-state index contributed by atoms with van der Waals surface area (Å²) in [5.41, 5.74) is 4.17. The van der Waals surface area contributed by atoms with E-state index in [2.05, 4.69) is 20.4 Å². The van der Waals surface area contributed by atoms with Crippen LogP contribution < -0.4 is 5.32 Å². The number of benzene rings is 1. The molecule has 8 nitrogen and oxygen atoms in total. The Morgan fingerprint density at radius 1 is 1.26 bits per heavy atom. The van der Waals surface area contributed by atoms with E-state index in [1.807, 2.05) is 31.6 Å². The molecular formula is C22H21ClN6O2. The number of ether oxygens (including phenoxy) is 1. The zero-order valence-electron chi connectivity index (χ0n) is 17.1. The van der Waals surface area contributed by atoms with Crippen LogP contribution in [0.3, 0.4) is 0 Å². The Kier molecular flexibility index (Phi) is 4.88. The number of nitrogens with zero attached hydrogens (tertiary/aromatic N) is 4. The molecule has 3 aromatic heterocycles. The fraction of sp³-hybridized carbons (Fsp3) is 0.227. The quantitative estimate of drug-likeness (QED) is 0.496. The van der Waals surface area contributed by atoms with Gasteiger partial charge in [0.25, 0.3) is 5.91 Å². The van der Waals surface area contributed by atoms with Crippen LogP contribution in [0.25, 0.3) is 22.2 Å². The van der Waals surface area contributed by atoms with Gasteiger partial charge in [-0.25, -0.2) is 4.98 Å². The molecule has 1 saturated heterocycles. The number of anilines is 2. The lowest BCUT2D eigenvalue weighted by Crippen LogP contribution is -2.54. The Morgan fingerprint density at radius 2 is 2.10 bits per heavy atom. The molecule has 2 N–H and O–H groups in total. The standard InChI is InChI=1S/C22H21ClN6O2/c1-28-10-15(9-25-28)19-6-14-8-24-21(7-20(14)26-19)27-18-4-3-13(5-17(18)23)22(30)29-11-16(12-29)31-2/h3-10,16,26H,11-12H2,1-2H3,(H,24,27). The fourth-order valence-corrected chi connectivity index (χ4v) is 3.86. The van der Waals surface area contributed by atoms with E-state index in [4.69, 9.17) is 16.3 Å². The molecule has 1 aromatic carbocycles. The molecule has 1 aliphatic rings. The average Bonchev–Trinajstić information content (AvgIpc) is 3.34. The van der Waals surface area contributed by atoms with E-state index in [1.54, 1.807) is 41.1 Å². The lowest BCUT2D eigenvalue weighted by molar-refractivity contribution is -0.0191. The predicted octanol–water partition coefficient (Wildman–Crippen LogP) is 3.83. The number of rotatable bonds is 5. The number of methoxy groups -OCH3 is 1. The van der Waals surface area contributed by atoms with E-state index in [1.165, 1.54) is 0 Å². The Morgan fingerprint density at radius 3 is 2.81 bits per heavy atom. The van der Waals surface area contributed by atoms with Gasteiger partial charge in [0.15, 0.2) is 0 Å². The van der Waals surface area contributed by atoms with Gasteiger partial charge in [0.2, 0.25) is 0 Å². The molecule has 0 aliphatic carbocycles. The molecule has 158 valence electrons. The lowest BCUT2D eigenvalue weighted by atomic mass is 10.1. The molecule has 0 spiro atoms. The van der Waals surface area contributed by atoms with Crippen LogP contribution in [0.5, 0.6) is 0 Å². The summed E-state index contributed by atoms with van der Waals surface area (Å²) in [5, 5.41) is 8.90. The van der Waals surface area contributed by atoms with Crippen molar-refractivity contribution in [1.82, 2.24) is 24.6 Å². The van der Waals surface area contributed by atoms with Gasteiger partial charge in [-0.15, -0.1) is 0 Å². The number of aromatic amines is 1. The SMILES string of the molecule is COC1CN(C(=O)c2ccc(Nc3cc4[nH]c(-c5cnn(C)c5)cc4cn3)c(Cl)c2)C1. The van der Waals surface area contributed by atoms with Gasteiger partial charge in [-0.05, 0) is 24.3 Å². The topological polar surface area (TPSA) is 88.1 Å². The van der Waals surface area contributed by atoms with Gasteiger partial charge in [0.1, 0.15) is 5.82 Å². The number of hydrogen-bond donors (Lipinski definition) is 2. The van der Waals surface area contributed by atoms with Crippen molar-refractivity contribution in [2.24, 2.45) is 7.05 Å². The molecule has 4 heterocycles. The van der Waals surface area contributed by atoms with Gasteiger partial charge < -0.3 is 19.9 Å². The average molecular weight is 437 g/mol. The fourth-order valence-electron chi connectivity index (χ4n) is 3.63. The second-order valence-corrected chi connectivity index (χ2v) is 8.04. The molecule has 0 unspecified atom stereocenters. The van der Waals surface area contributed by atoms with Crippen molar-refractivity contribution in [3.8, 4) is 11.3 Å². The number of amides is 1. The maximum atomic E-state index is 12.5. The number of carbonyl (C=O) groups is 1. The summed E-state index contributed by atoms with van der Waals surface area (Å²) in [6.07, 6.45) is 5.69. The van der Waals surface area contributed by atoms with Crippen LogP contribution in [0.4, 0.5) is 11.5 Å². The van der Waals surface area contributed by atoms with Crippen LogP contribution in [0.2, 0.25) is 5.02 Å². The summed E-state index contributed by atoms with van der Waals surface area (Å²) in [4.78, 5) is 22.2. The molecule has 5 rings (SSSR count). The molecule has 1 amide bonds. The molecule has 4 aromatic rings. The van der Waals surface area contributed by atoms with E-state index >= 15 is 0 Å². The van der Waals surface area contributed by atoms with Gasteiger partial charge in [0, 0.05) is 67.9 Å². The van der Waals surface area contributed by atoms with E-state index in [0.717, 1.165) is 22.2 Å². The first-order valence-electron chi connectivity index (χ1n) is 9.86. The first-order chi connectivity index (χ1) is 15.0. The maximum Gasteiger partial charge on any atom is 0.254 e. The molecule has 1 fully saturated rings. The van der Waals surface area contributed by atoms with Crippen molar-refractivity contribution in [2.75, 3.05) is 25.5 Å². The van der Waals surface area contributed by atoms with Crippen LogP contribution >= 0.6 is 11.6 Å². The second kappa shape index (κ2) is 7.72. The number of nitrogens with one attached hydrogen (secondary N) is 2. The Bertz CT molecular complexity index is 1270. The summed E-state index contributed by atoms with van der Waals surface area (Å²) in [5.74, 6) is 0.606. The number of H-pyrrole nitrogens is 1. The van der Waals surface area contributed by atoms with E-state index in [9.17, 15) is 4.79 Å². The van der Waals surface area contributed by atoms with Crippen molar-refractivity contribution in [1.29, 1.82) is 0 Å². The molecule has 9 heteroatoms. The molecule has 0 radical (unpaired) electrons. The molecule has 31 heavy (non-hydrogen) atoms. The number of likely N-dealkylation sites (tertiary alicyclic amines) is 1. The first kappa shape index (κ1) is 19.6. The molecule has 0 bridgehead atoms. The third-order valence-electron chi connectivity index (χ3n) is 5.47. The van der Waals surface area contributed by atoms with Gasteiger partial charge in [-0.2, -0.15) is 5.10 Å². The van der Waals surface area contributed by atoms with Crippen LogP contribution in [0.1, 0.15) is 10.4 Å². The van der Waals surface area contributed by atoms with Crippen molar-refractivity contribution in [3.63, 3.8) is 0 Å². The number of aryl methyl sites for hydroxylation is 1. The number of aromatic nitrogens is 4. The number of halogens is 1. The van der Waals surface area contributed by atoms with E-state index in [0.29, 0.717) is 35.2 Å². The minimum atomic E-state index is -0.0457. The Labute approximate surface area is 183 Å². The summed E-state index contributed by atoms with van der Waals surface area (Å²) in [6, 6.07) is 9.21. The summed E-state index contributed by atoms with van der Waals surface area (Å²) < 4.78 is 6.99. The van der Waals surface area contributed by atoms with Gasteiger partial charge in [0.05, 0.1) is 28.5 Å². The van der Waals surface area contributed by atoms with Gasteiger partial charge >= 0.3 is 0 Å². The maximum absolute atomic E-state index is 12.5. The van der Waals surface area contributed by atoms with Crippen LogP contribution in [0, 0.1) is 0 Å². The summed E-state index contributed by atoms with van der Waals surface area (Å²) in [7, 11) is 3.54. The number of pyridine rings is 1. The highest BCUT2D eigenvalue weighted by molar-refractivity contribution is 6.33. The monoisotopic (exact) mass is 436 g/mol. The van der Waals surface area contributed by atoms with Gasteiger partial charge in [-0.1, -0.05) is 11.6 Å². The highest BCUT2D eigenvalue weighted by Gasteiger charge is 2.31. The predicted molar refractivity (Wildman–Crippen MR) is 120 cm³/mol. The van der Waals surface area contributed by atoms with Crippen molar-refractivity contribution in [3.05, 3.63) is 59.5 Å². The van der Waals surface area contributed by atoms with Crippen molar-refractivity contribution >= 4 is 39.9 Å². The Balaban J connectivity index is 1.34. The molecule has 1 aliphatic heterocycles. The zero-order valence-corrected chi connectivity index (χ0v) is 17.8. The van der Waals surface area contributed by atoms with E-state index in [-0.39, 0.29) is 12.0 Å². The first-order valence-corrected chi connectivity index (χ1v) is 10.2. The third-order valence-corrected chi connectivity index (χ3v) is 5.78. The highest BCUT2D eigenvalue weighted by Crippen LogP contribution is 2.29. The second-order valence-electron chi connectivity index (χ2n) is 7.63. The smallest absolute Gasteiger partial charge is 0.254 e. The molecular weight excluding hydrogens is 416 g/mol. The summed E-state index contributed by atoms with van der Waals surface area (Å²) >= 11 is 6.45. The van der Waals surface area contributed by atoms with Crippen molar-refractivity contribution in [2.45, 2.75) is 6.10 Å². The number of fused-ring (bicyclic) bond motifs is 1. The zero-order chi connectivity index (χ0) is 21.5. The largest absolute Gasteiger partial charge is 0.378 e. The molecule has 0 saturated carbocycles. The Hall–Kier alpha value is -3.36. The highest BCUT2D eigenvalue weighted by atomic mass is 35.5. The minimum Gasteiger partial charge on any atom is -0.378 e. The normalized spacial score (nSPS) is 14.1. The third kappa shape index (κ3) is 3.75.